The number of amides is 1. The second-order valence-corrected chi connectivity index (χ2v) is 4.92. The van der Waals surface area contributed by atoms with Crippen LogP contribution in [-0.2, 0) is 11.3 Å². The Kier molecular flexibility index (Phi) is 4.11. The molecule has 0 atom stereocenters. The summed E-state index contributed by atoms with van der Waals surface area (Å²) in [6.45, 7) is 7.48. The number of carbonyl (C=O) groups excluding carboxylic acids is 1. The maximum atomic E-state index is 11.8. The molecule has 0 aliphatic carbocycles. The zero-order valence-corrected chi connectivity index (χ0v) is 11.1. The normalized spacial score (nSPS) is 11.3. The van der Waals surface area contributed by atoms with Gasteiger partial charge in [0.2, 0.25) is 5.91 Å². The number of aromatic carboxylic acids is 1. The molecule has 1 amide bonds. The molecule has 0 saturated heterocycles. The Hall–Kier alpha value is -1.85. The van der Waals surface area contributed by atoms with Crippen molar-refractivity contribution in [3.05, 3.63) is 17.5 Å². The van der Waals surface area contributed by atoms with Crippen molar-refractivity contribution in [1.29, 1.82) is 0 Å². The van der Waals surface area contributed by atoms with E-state index < -0.39 is 5.97 Å². The summed E-state index contributed by atoms with van der Waals surface area (Å²) in [6.07, 6.45) is 2.19. The Labute approximate surface area is 106 Å². The second kappa shape index (κ2) is 5.20. The van der Waals surface area contributed by atoms with E-state index in [0.29, 0.717) is 5.69 Å². The monoisotopic (exact) mass is 253 g/mol. The Morgan fingerprint density at radius 2 is 2.11 bits per heavy atom. The Bertz CT molecular complexity index is 463. The fraction of sp³-hybridized carbons (Fsp3) is 0.583. The van der Waals surface area contributed by atoms with Gasteiger partial charge in [-0.15, -0.1) is 0 Å². The van der Waals surface area contributed by atoms with Crippen LogP contribution in [0.25, 0.3) is 0 Å². The predicted octanol–water partition coefficient (Wildman–Crippen LogP) is 1.19. The zero-order chi connectivity index (χ0) is 13.9. The summed E-state index contributed by atoms with van der Waals surface area (Å²) >= 11 is 0. The Balaban J connectivity index is 2.71. The molecule has 1 aromatic heterocycles. The summed E-state index contributed by atoms with van der Waals surface area (Å²) < 4.78 is 1.35. The fourth-order valence-electron chi connectivity index (χ4n) is 1.46. The minimum Gasteiger partial charge on any atom is -0.478 e. The molecule has 1 heterocycles. The van der Waals surface area contributed by atoms with E-state index in [9.17, 15) is 9.59 Å². The van der Waals surface area contributed by atoms with Gasteiger partial charge in [0.15, 0.2) is 0 Å². The summed E-state index contributed by atoms with van der Waals surface area (Å²) in [4.78, 5) is 22.6. The van der Waals surface area contributed by atoms with Crippen molar-refractivity contribution in [1.82, 2.24) is 15.1 Å². The zero-order valence-electron chi connectivity index (χ0n) is 11.1. The van der Waals surface area contributed by atoms with E-state index >= 15 is 0 Å². The SMILES string of the molecule is CCC(C)(C)NC(=O)Cn1cc(C(=O)O)c(C)n1. The molecule has 0 bridgehead atoms. The van der Waals surface area contributed by atoms with E-state index in [-0.39, 0.29) is 23.6 Å². The van der Waals surface area contributed by atoms with E-state index in [4.69, 9.17) is 5.11 Å². The van der Waals surface area contributed by atoms with Crippen molar-refractivity contribution >= 4 is 11.9 Å². The number of carboxylic acid groups (broad SMARTS) is 1. The molecule has 0 fully saturated rings. The number of carboxylic acids is 1. The largest absolute Gasteiger partial charge is 0.478 e. The number of hydrogen-bond acceptors (Lipinski definition) is 3. The first-order chi connectivity index (χ1) is 8.25. The van der Waals surface area contributed by atoms with Gasteiger partial charge in [-0.05, 0) is 27.2 Å². The van der Waals surface area contributed by atoms with Crippen molar-refractivity contribution < 1.29 is 14.7 Å². The third-order valence-electron chi connectivity index (χ3n) is 2.84. The molecular formula is C12H19N3O3. The van der Waals surface area contributed by atoms with Crippen LogP contribution in [0.3, 0.4) is 0 Å². The van der Waals surface area contributed by atoms with Crippen molar-refractivity contribution in [3.8, 4) is 0 Å². The van der Waals surface area contributed by atoms with Gasteiger partial charge in [-0.1, -0.05) is 6.92 Å². The lowest BCUT2D eigenvalue weighted by Gasteiger charge is -2.24. The average molecular weight is 253 g/mol. The lowest BCUT2D eigenvalue weighted by Crippen LogP contribution is -2.44. The van der Waals surface area contributed by atoms with Gasteiger partial charge in [-0.25, -0.2) is 4.79 Å². The smallest absolute Gasteiger partial charge is 0.339 e. The number of nitrogens with zero attached hydrogens (tertiary/aromatic N) is 2. The lowest BCUT2D eigenvalue weighted by molar-refractivity contribution is -0.123. The molecule has 100 valence electrons. The number of aromatic nitrogens is 2. The van der Waals surface area contributed by atoms with Crippen LogP contribution in [-0.4, -0.2) is 32.3 Å². The van der Waals surface area contributed by atoms with E-state index in [0.717, 1.165) is 6.42 Å². The maximum absolute atomic E-state index is 11.8. The molecule has 0 aromatic carbocycles. The molecule has 0 aliphatic heterocycles. The minimum atomic E-state index is -1.03. The van der Waals surface area contributed by atoms with Crippen LogP contribution < -0.4 is 5.32 Å². The number of carbonyl (C=O) groups is 2. The molecule has 6 nitrogen and oxygen atoms in total. The van der Waals surface area contributed by atoms with Crippen LogP contribution in [0.5, 0.6) is 0 Å². The summed E-state index contributed by atoms with van der Waals surface area (Å²) in [5, 5.41) is 15.8. The van der Waals surface area contributed by atoms with Crippen molar-refractivity contribution in [2.75, 3.05) is 0 Å². The first kappa shape index (κ1) is 14.2. The van der Waals surface area contributed by atoms with Crippen LogP contribution in [0.2, 0.25) is 0 Å². The highest BCUT2D eigenvalue weighted by atomic mass is 16.4. The van der Waals surface area contributed by atoms with Crippen LogP contribution in [0.1, 0.15) is 43.2 Å². The van der Waals surface area contributed by atoms with Gasteiger partial charge >= 0.3 is 5.97 Å². The van der Waals surface area contributed by atoms with E-state index in [1.807, 2.05) is 20.8 Å². The van der Waals surface area contributed by atoms with Gasteiger partial charge in [0.25, 0.3) is 0 Å². The van der Waals surface area contributed by atoms with E-state index in [1.165, 1.54) is 10.9 Å². The topological polar surface area (TPSA) is 84.2 Å². The predicted molar refractivity (Wildman–Crippen MR) is 66.4 cm³/mol. The average Bonchev–Trinajstić information content (AvgIpc) is 2.58. The van der Waals surface area contributed by atoms with Gasteiger partial charge in [0, 0.05) is 11.7 Å². The van der Waals surface area contributed by atoms with Gasteiger partial charge in [-0.2, -0.15) is 5.10 Å². The van der Waals surface area contributed by atoms with Crippen LogP contribution in [0, 0.1) is 6.92 Å². The van der Waals surface area contributed by atoms with Gasteiger partial charge in [0.05, 0.1) is 5.69 Å². The molecule has 2 N–H and O–H groups in total. The highest BCUT2D eigenvalue weighted by Gasteiger charge is 2.19. The standard InChI is InChI=1S/C12H19N3O3/c1-5-12(3,4)13-10(16)7-15-6-9(11(17)18)8(2)14-15/h6H,5,7H2,1-4H3,(H,13,16)(H,17,18). The number of rotatable bonds is 5. The third kappa shape index (κ3) is 3.58. The second-order valence-electron chi connectivity index (χ2n) is 4.92. The summed E-state index contributed by atoms with van der Waals surface area (Å²) in [6, 6.07) is 0. The Morgan fingerprint density at radius 3 is 2.56 bits per heavy atom. The molecule has 0 radical (unpaired) electrons. The first-order valence-electron chi connectivity index (χ1n) is 5.83. The first-order valence-corrected chi connectivity index (χ1v) is 5.83. The highest BCUT2D eigenvalue weighted by Crippen LogP contribution is 2.08. The molecule has 0 unspecified atom stereocenters. The fourth-order valence-corrected chi connectivity index (χ4v) is 1.46. The molecule has 1 aromatic rings. The maximum Gasteiger partial charge on any atom is 0.339 e. The molecule has 0 spiro atoms. The van der Waals surface area contributed by atoms with Crippen molar-refractivity contribution in [2.45, 2.75) is 46.2 Å². The highest BCUT2D eigenvalue weighted by molar-refractivity contribution is 5.88. The molecule has 1 rings (SSSR count). The van der Waals surface area contributed by atoms with Crippen LogP contribution >= 0.6 is 0 Å². The van der Waals surface area contributed by atoms with Crippen LogP contribution in [0.4, 0.5) is 0 Å². The van der Waals surface area contributed by atoms with Gasteiger partial charge in [-0.3, -0.25) is 9.48 Å². The molecule has 0 aliphatic rings. The van der Waals surface area contributed by atoms with Crippen molar-refractivity contribution in [3.63, 3.8) is 0 Å². The number of hydrogen-bond donors (Lipinski definition) is 2. The van der Waals surface area contributed by atoms with Gasteiger partial charge in [0.1, 0.15) is 12.1 Å². The summed E-state index contributed by atoms with van der Waals surface area (Å²) in [7, 11) is 0. The van der Waals surface area contributed by atoms with Gasteiger partial charge < -0.3 is 10.4 Å². The number of aryl methyl sites for hydroxylation is 1. The quantitative estimate of drug-likeness (QED) is 0.825. The molecule has 6 heteroatoms. The summed E-state index contributed by atoms with van der Waals surface area (Å²) in [5.41, 5.74) is 0.261. The minimum absolute atomic E-state index is 0.0253. The van der Waals surface area contributed by atoms with Crippen molar-refractivity contribution in [2.24, 2.45) is 0 Å². The van der Waals surface area contributed by atoms with E-state index in [2.05, 4.69) is 10.4 Å². The number of nitrogens with one attached hydrogen (secondary N) is 1. The molecule has 18 heavy (non-hydrogen) atoms. The molecule has 0 saturated carbocycles. The third-order valence-corrected chi connectivity index (χ3v) is 2.84. The van der Waals surface area contributed by atoms with Crippen LogP contribution in [0.15, 0.2) is 6.20 Å². The Morgan fingerprint density at radius 1 is 1.50 bits per heavy atom. The van der Waals surface area contributed by atoms with E-state index in [1.54, 1.807) is 6.92 Å². The summed E-state index contributed by atoms with van der Waals surface area (Å²) in [5.74, 6) is -1.21. The lowest BCUT2D eigenvalue weighted by atomic mass is 10.0. The molecular weight excluding hydrogens is 234 g/mol.